The van der Waals surface area contributed by atoms with Gasteiger partial charge in [0.05, 0.1) is 5.56 Å². The second kappa shape index (κ2) is 6.11. The molecule has 19 heavy (non-hydrogen) atoms. The normalized spacial score (nSPS) is 20.0. The molecule has 2 heterocycles. The van der Waals surface area contributed by atoms with Gasteiger partial charge in [-0.1, -0.05) is 15.9 Å². The van der Waals surface area contributed by atoms with Crippen molar-refractivity contribution < 1.29 is 13.2 Å². The second-order valence-electron chi connectivity index (χ2n) is 4.69. The lowest BCUT2D eigenvalue weighted by Crippen LogP contribution is -2.32. The molecule has 1 atom stereocenters. The molecule has 1 aromatic rings. The van der Waals surface area contributed by atoms with Crippen LogP contribution in [0.1, 0.15) is 31.2 Å². The fraction of sp³-hybridized carbons (Fsp3) is 0.615. The third kappa shape index (κ3) is 3.41. The maximum atomic E-state index is 13.0. The fourth-order valence-electron chi connectivity index (χ4n) is 2.57. The summed E-state index contributed by atoms with van der Waals surface area (Å²) in [6.45, 7) is 0.660. The monoisotopic (exact) mass is 336 g/mol. The Labute approximate surface area is 119 Å². The maximum absolute atomic E-state index is 13.0. The Morgan fingerprint density at radius 1 is 1.42 bits per heavy atom. The van der Waals surface area contributed by atoms with Crippen molar-refractivity contribution in [1.29, 1.82) is 0 Å². The average molecular weight is 337 g/mol. The Bertz CT molecular complexity index is 423. The van der Waals surface area contributed by atoms with Gasteiger partial charge in [-0.3, -0.25) is 0 Å². The number of rotatable bonds is 4. The van der Waals surface area contributed by atoms with Crippen LogP contribution in [0.4, 0.5) is 19.0 Å². The van der Waals surface area contributed by atoms with Crippen molar-refractivity contribution in [2.24, 2.45) is 0 Å². The van der Waals surface area contributed by atoms with Gasteiger partial charge < -0.3 is 4.90 Å². The third-order valence-corrected chi connectivity index (χ3v) is 3.97. The maximum Gasteiger partial charge on any atom is 0.419 e. The van der Waals surface area contributed by atoms with Crippen molar-refractivity contribution in [3.05, 3.63) is 23.9 Å². The van der Waals surface area contributed by atoms with Crippen molar-refractivity contribution in [1.82, 2.24) is 4.98 Å². The van der Waals surface area contributed by atoms with Gasteiger partial charge in [0.25, 0.3) is 0 Å². The molecule has 0 N–H and O–H groups in total. The number of aromatic nitrogens is 1. The molecule has 1 unspecified atom stereocenters. The largest absolute Gasteiger partial charge is 0.419 e. The van der Waals surface area contributed by atoms with Crippen LogP contribution in [0.15, 0.2) is 18.3 Å². The first-order valence-electron chi connectivity index (χ1n) is 6.39. The lowest BCUT2D eigenvalue weighted by molar-refractivity contribution is -0.137. The predicted molar refractivity (Wildman–Crippen MR) is 72.6 cm³/mol. The van der Waals surface area contributed by atoms with Crippen LogP contribution in [0.2, 0.25) is 0 Å². The van der Waals surface area contributed by atoms with E-state index in [0.717, 1.165) is 37.1 Å². The Morgan fingerprint density at radius 2 is 2.21 bits per heavy atom. The molecular formula is C13H16BrF3N2. The molecule has 1 aromatic heterocycles. The third-order valence-electron chi connectivity index (χ3n) is 3.41. The number of anilines is 1. The SMILES string of the molecule is FC(F)(F)c1cccnc1N1CCCC1CCCBr. The van der Waals surface area contributed by atoms with Gasteiger partial charge >= 0.3 is 6.18 Å². The molecule has 1 aliphatic rings. The second-order valence-corrected chi connectivity index (χ2v) is 5.49. The van der Waals surface area contributed by atoms with E-state index >= 15 is 0 Å². The first kappa shape index (κ1) is 14.6. The zero-order chi connectivity index (χ0) is 13.9. The minimum atomic E-state index is -4.34. The van der Waals surface area contributed by atoms with E-state index in [2.05, 4.69) is 20.9 Å². The molecule has 1 saturated heterocycles. The van der Waals surface area contributed by atoms with E-state index in [0.29, 0.717) is 6.54 Å². The number of pyridine rings is 1. The Morgan fingerprint density at radius 3 is 2.89 bits per heavy atom. The van der Waals surface area contributed by atoms with E-state index in [1.807, 2.05) is 4.90 Å². The van der Waals surface area contributed by atoms with Crippen LogP contribution in [0.25, 0.3) is 0 Å². The minimum Gasteiger partial charge on any atom is -0.353 e. The van der Waals surface area contributed by atoms with Gasteiger partial charge in [0.1, 0.15) is 5.82 Å². The quantitative estimate of drug-likeness (QED) is 0.764. The van der Waals surface area contributed by atoms with Crippen LogP contribution >= 0.6 is 15.9 Å². The minimum absolute atomic E-state index is 0.0899. The van der Waals surface area contributed by atoms with E-state index in [1.165, 1.54) is 12.3 Å². The molecular weight excluding hydrogens is 321 g/mol. The molecule has 2 rings (SSSR count). The molecule has 0 aliphatic carbocycles. The highest BCUT2D eigenvalue weighted by Gasteiger charge is 2.37. The van der Waals surface area contributed by atoms with E-state index < -0.39 is 11.7 Å². The van der Waals surface area contributed by atoms with Crippen LogP contribution < -0.4 is 4.90 Å². The molecule has 2 nitrogen and oxygen atoms in total. The van der Waals surface area contributed by atoms with E-state index in [-0.39, 0.29) is 11.9 Å². The van der Waals surface area contributed by atoms with Gasteiger partial charge in [0.15, 0.2) is 0 Å². The van der Waals surface area contributed by atoms with Crippen molar-refractivity contribution in [2.75, 3.05) is 16.8 Å². The number of hydrogen-bond donors (Lipinski definition) is 0. The molecule has 1 fully saturated rings. The van der Waals surface area contributed by atoms with Crippen LogP contribution in [0.3, 0.4) is 0 Å². The first-order chi connectivity index (χ1) is 9.04. The smallest absolute Gasteiger partial charge is 0.353 e. The van der Waals surface area contributed by atoms with Gasteiger partial charge in [0.2, 0.25) is 0 Å². The summed E-state index contributed by atoms with van der Waals surface area (Å²) in [7, 11) is 0. The van der Waals surface area contributed by atoms with Gasteiger partial charge in [-0.05, 0) is 37.8 Å². The number of nitrogens with zero attached hydrogens (tertiary/aromatic N) is 2. The molecule has 0 spiro atoms. The number of hydrogen-bond acceptors (Lipinski definition) is 2. The van der Waals surface area contributed by atoms with E-state index in [4.69, 9.17) is 0 Å². The zero-order valence-electron chi connectivity index (χ0n) is 10.5. The highest BCUT2D eigenvalue weighted by molar-refractivity contribution is 9.09. The highest BCUT2D eigenvalue weighted by Crippen LogP contribution is 2.38. The summed E-state index contributed by atoms with van der Waals surface area (Å²) in [4.78, 5) is 5.80. The zero-order valence-corrected chi connectivity index (χ0v) is 12.0. The molecule has 0 amide bonds. The summed E-state index contributed by atoms with van der Waals surface area (Å²) in [5.41, 5.74) is -0.624. The molecule has 106 valence electrons. The lowest BCUT2D eigenvalue weighted by Gasteiger charge is -2.28. The molecule has 0 aromatic carbocycles. The van der Waals surface area contributed by atoms with Crippen molar-refractivity contribution in [3.8, 4) is 0 Å². The summed E-state index contributed by atoms with van der Waals surface area (Å²) >= 11 is 3.36. The number of alkyl halides is 4. The summed E-state index contributed by atoms with van der Waals surface area (Å²) in [5.74, 6) is 0.0899. The van der Waals surface area contributed by atoms with Gasteiger partial charge in [-0.2, -0.15) is 13.2 Å². The molecule has 0 saturated carbocycles. The van der Waals surface area contributed by atoms with Crippen LogP contribution in [-0.4, -0.2) is 22.9 Å². The molecule has 0 bridgehead atoms. The molecule has 1 aliphatic heterocycles. The molecule has 0 radical (unpaired) electrons. The summed E-state index contributed by atoms with van der Waals surface area (Å²) in [6, 6.07) is 2.63. The first-order valence-corrected chi connectivity index (χ1v) is 7.51. The summed E-state index contributed by atoms with van der Waals surface area (Å²) in [5, 5.41) is 0.881. The van der Waals surface area contributed by atoms with Gasteiger partial charge in [-0.15, -0.1) is 0 Å². The highest BCUT2D eigenvalue weighted by atomic mass is 79.9. The van der Waals surface area contributed by atoms with Crippen LogP contribution in [0, 0.1) is 0 Å². The van der Waals surface area contributed by atoms with Crippen LogP contribution in [0.5, 0.6) is 0 Å². The Hall–Kier alpha value is -0.780. The number of halogens is 4. The predicted octanol–water partition coefficient (Wildman–Crippen LogP) is 4.24. The molecule has 6 heteroatoms. The van der Waals surface area contributed by atoms with Crippen molar-refractivity contribution in [2.45, 2.75) is 37.9 Å². The summed E-state index contributed by atoms with van der Waals surface area (Å²) in [6.07, 6.45) is 0.840. The lowest BCUT2D eigenvalue weighted by atomic mass is 10.1. The van der Waals surface area contributed by atoms with E-state index in [9.17, 15) is 13.2 Å². The van der Waals surface area contributed by atoms with E-state index in [1.54, 1.807) is 0 Å². The van der Waals surface area contributed by atoms with Gasteiger partial charge in [0, 0.05) is 24.1 Å². The standard InChI is InChI=1S/C13H16BrF3N2/c14-7-1-4-10-5-3-9-19(10)12-11(13(15,16)17)6-2-8-18-12/h2,6,8,10H,1,3-5,7,9H2. The summed E-state index contributed by atoms with van der Waals surface area (Å²) < 4.78 is 39.0. The van der Waals surface area contributed by atoms with Gasteiger partial charge in [-0.25, -0.2) is 4.98 Å². The topological polar surface area (TPSA) is 16.1 Å². The average Bonchev–Trinajstić information content (AvgIpc) is 2.83. The van der Waals surface area contributed by atoms with Crippen LogP contribution in [-0.2, 0) is 6.18 Å². The fourth-order valence-corrected chi connectivity index (χ4v) is 2.90. The Kier molecular flexibility index (Phi) is 4.71. The van der Waals surface area contributed by atoms with Crippen molar-refractivity contribution >= 4 is 21.7 Å². The van der Waals surface area contributed by atoms with Crippen molar-refractivity contribution in [3.63, 3.8) is 0 Å². The Balaban J connectivity index is 2.25.